The summed E-state index contributed by atoms with van der Waals surface area (Å²) in [5.41, 5.74) is 9.26. The Balaban J connectivity index is 0.00000156. The molecule has 0 bridgehead atoms. The zero-order chi connectivity index (χ0) is 16.2. The average Bonchev–Trinajstić information content (AvgIpc) is 2.61. The summed E-state index contributed by atoms with van der Waals surface area (Å²) in [4.78, 5) is 19.4. The van der Waals surface area contributed by atoms with E-state index >= 15 is 0 Å². The summed E-state index contributed by atoms with van der Waals surface area (Å²) in [6.45, 7) is 3.22. The number of pyridine rings is 1. The molecule has 1 atom stereocenters. The number of carbonyl (C=O) groups excluding carboxylic acids is 1. The summed E-state index contributed by atoms with van der Waals surface area (Å²) >= 11 is 0. The number of hydrogen-bond acceptors (Lipinski definition) is 3. The zero-order valence-electron chi connectivity index (χ0n) is 14.4. The second kappa shape index (κ2) is 9.76. The number of likely N-dealkylation sites (tertiary alicyclic amines) is 1. The molecule has 1 aromatic carbocycles. The van der Waals surface area contributed by atoms with Crippen LogP contribution in [0.15, 0.2) is 42.5 Å². The second-order valence-electron chi connectivity index (χ2n) is 6.08. The number of nitrogens with two attached hydrogens (primary N) is 1. The maximum absolute atomic E-state index is 12.9. The largest absolute Gasteiger partial charge is 0.334 e. The number of nitrogens with zero attached hydrogens (tertiary/aromatic N) is 2. The lowest BCUT2D eigenvalue weighted by Crippen LogP contribution is -2.47. The van der Waals surface area contributed by atoms with Gasteiger partial charge in [0.1, 0.15) is 0 Å². The third-order valence-electron chi connectivity index (χ3n) is 4.55. The van der Waals surface area contributed by atoms with Gasteiger partial charge in [0, 0.05) is 24.7 Å². The first-order valence-corrected chi connectivity index (χ1v) is 8.25. The number of aromatic nitrogens is 1. The highest BCUT2D eigenvalue weighted by atomic mass is 35.5. The summed E-state index contributed by atoms with van der Waals surface area (Å²) in [6, 6.07) is 14.0. The Bertz CT molecular complexity index is 694. The smallest absolute Gasteiger partial charge is 0.255 e. The Labute approximate surface area is 161 Å². The standard InChI is InChI=1S/C19H23N3O.2ClH/c1-14-17(19(23)22-12-6-5-9-16(22)13-20)10-11-18(21-14)15-7-3-2-4-8-15;;/h2-4,7-8,10-11,16H,5-6,9,12-13,20H2,1H3;2*1H. The van der Waals surface area contributed by atoms with Crippen molar-refractivity contribution in [2.75, 3.05) is 13.1 Å². The predicted molar refractivity (Wildman–Crippen MR) is 107 cm³/mol. The van der Waals surface area contributed by atoms with E-state index in [-0.39, 0.29) is 36.8 Å². The fraction of sp³-hybridized carbons (Fsp3) is 0.368. The molecule has 2 aromatic rings. The molecule has 0 radical (unpaired) electrons. The number of rotatable bonds is 3. The van der Waals surface area contributed by atoms with Gasteiger partial charge >= 0.3 is 0 Å². The molecule has 1 amide bonds. The maximum atomic E-state index is 12.9. The molecule has 1 fully saturated rings. The van der Waals surface area contributed by atoms with Gasteiger partial charge < -0.3 is 10.6 Å². The molecule has 1 aliphatic rings. The molecule has 2 N–H and O–H groups in total. The molecule has 1 aliphatic heterocycles. The van der Waals surface area contributed by atoms with Crippen molar-refractivity contribution < 1.29 is 4.79 Å². The van der Waals surface area contributed by atoms with Crippen molar-refractivity contribution in [2.24, 2.45) is 5.73 Å². The predicted octanol–water partition coefficient (Wildman–Crippen LogP) is 3.85. The molecule has 3 rings (SSSR count). The van der Waals surface area contributed by atoms with Crippen LogP contribution in [0, 0.1) is 6.92 Å². The highest BCUT2D eigenvalue weighted by Gasteiger charge is 2.27. The van der Waals surface area contributed by atoms with E-state index in [1.807, 2.05) is 54.3 Å². The third kappa shape index (κ3) is 4.72. The van der Waals surface area contributed by atoms with Crippen LogP contribution >= 0.6 is 24.8 Å². The summed E-state index contributed by atoms with van der Waals surface area (Å²) in [6.07, 6.45) is 3.20. The van der Waals surface area contributed by atoms with Crippen molar-refractivity contribution in [3.63, 3.8) is 0 Å². The Morgan fingerprint density at radius 2 is 1.88 bits per heavy atom. The molecule has 4 nitrogen and oxygen atoms in total. The summed E-state index contributed by atoms with van der Waals surface area (Å²) in [5.74, 6) is 0.0600. The second-order valence-corrected chi connectivity index (χ2v) is 6.08. The van der Waals surface area contributed by atoms with E-state index in [2.05, 4.69) is 4.98 Å². The first kappa shape index (κ1) is 21.4. The number of benzene rings is 1. The molecular formula is C19H25Cl2N3O. The first-order chi connectivity index (χ1) is 11.2. The molecule has 0 spiro atoms. The number of halogens is 2. The van der Waals surface area contributed by atoms with Gasteiger partial charge in [-0.15, -0.1) is 24.8 Å². The van der Waals surface area contributed by atoms with Crippen LogP contribution in [-0.4, -0.2) is 34.9 Å². The number of piperidine rings is 1. The van der Waals surface area contributed by atoms with Crippen LogP contribution in [-0.2, 0) is 0 Å². The summed E-state index contributed by atoms with van der Waals surface area (Å²) in [5, 5.41) is 0. The first-order valence-electron chi connectivity index (χ1n) is 8.25. The highest BCUT2D eigenvalue weighted by Crippen LogP contribution is 2.22. The third-order valence-corrected chi connectivity index (χ3v) is 4.55. The van der Waals surface area contributed by atoms with Gasteiger partial charge in [-0.1, -0.05) is 30.3 Å². The van der Waals surface area contributed by atoms with Crippen LogP contribution in [0.3, 0.4) is 0 Å². The topological polar surface area (TPSA) is 59.2 Å². The van der Waals surface area contributed by atoms with Crippen LogP contribution in [0.1, 0.15) is 35.3 Å². The minimum atomic E-state index is 0. The molecule has 136 valence electrons. The van der Waals surface area contributed by atoms with Gasteiger partial charge in [0.2, 0.25) is 0 Å². The number of amides is 1. The SMILES string of the molecule is Cc1nc(-c2ccccc2)ccc1C(=O)N1CCCCC1CN.Cl.Cl. The molecule has 0 saturated carbocycles. The van der Waals surface area contributed by atoms with Crippen molar-refractivity contribution in [1.82, 2.24) is 9.88 Å². The average molecular weight is 382 g/mol. The molecule has 25 heavy (non-hydrogen) atoms. The van der Waals surface area contributed by atoms with E-state index in [0.29, 0.717) is 12.1 Å². The van der Waals surface area contributed by atoms with Gasteiger partial charge in [0.05, 0.1) is 17.0 Å². The van der Waals surface area contributed by atoms with Crippen molar-refractivity contribution >= 4 is 30.7 Å². The van der Waals surface area contributed by atoms with Crippen molar-refractivity contribution in [3.05, 3.63) is 53.7 Å². The lowest BCUT2D eigenvalue weighted by molar-refractivity contribution is 0.0622. The van der Waals surface area contributed by atoms with Crippen molar-refractivity contribution in [1.29, 1.82) is 0 Å². The maximum Gasteiger partial charge on any atom is 0.255 e. The molecule has 1 aromatic heterocycles. The van der Waals surface area contributed by atoms with Gasteiger partial charge in [-0.05, 0) is 38.3 Å². The van der Waals surface area contributed by atoms with Crippen LogP contribution in [0.5, 0.6) is 0 Å². The fourth-order valence-electron chi connectivity index (χ4n) is 3.22. The minimum Gasteiger partial charge on any atom is -0.334 e. The molecule has 2 heterocycles. The zero-order valence-corrected chi connectivity index (χ0v) is 16.0. The van der Waals surface area contributed by atoms with E-state index in [1.54, 1.807) is 0 Å². The van der Waals surface area contributed by atoms with E-state index in [0.717, 1.165) is 42.8 Å². The Kier molecular flexibility index (Phi) is 8.36. The Hall–Kier alpha value is -1.62. The number of aryl methyl sites for hydroxylation is 1. The van der Waals surface area contributed by atoms with E-state index in [9.17, 15) is 4.79 Å². The molecule has 6 heteroatoms. The quantitative estimate of drug-likeness (QED) is 0.877. The lowest BCUT2D eigenvalue weighted by atomic mass is 10.00. The summed E-state index contributed by atoms with van der Waals surface area (Å²) < 4.78 is 0. The molecule has 1 saturated heterocycles. The number of hydrogen-bond donors (Lipinski definition) is 1. The van der Waals surface area contributed by atoms with Gasteiger partial charge in [0.15, 0.2) is 0 Å². The lowest BCUT2D eigenvalue weighted by Gasteiger charge is -2.35. The normalized spacial score (nSPS) is 16.6. The number of carbonyl (C=O) groups is 1. The molecule has 1 unspecified atom stereocenters. The molecule has 0 aliphatic carbocycles. The van der Waals surface area contributed by atoms with E-state index in [4.69, 9.17) is 5.73 Å². The summed E-state index contributed by atoms with van der Waals surface area (Å²) in [7, 11) is 0. The fourth-order valence-corrected chi connectivity index (χ4v) is 3.22. The van der Waals surface area contributed by atoms with Gasteiger partial charge in [0.25, 0.3) is 5.91 Å². The Morgan fingerprint density at radius 1 is 1.16 bits per heavy atom. The van der Waals surface area contributed by atoms with Crippen LogP contribution in [0.4, 0.5) is 0 Å². The van der Waals surface area contributed by atoms with E-state index in [1.165, 1.54) is 0 Å². The Morgan fingerprint density at radius 3 is 2.52 bits per heavy atom. The van der Waals surface area contributed by atoms with Crippen molar-refractivity contribution in [2.45, 2.75) is 32.2 Å². The molecular weight excluding hydrogens is 357 g/mol. The van der Waals surface area contributed by atoms with E-state index < -0.39 is 0 Å². The van der Waals surface area contributed by atoms with Gasteiger partial charge in [-0.25, -0.2) is 0 Å². The van der Waals surface area contributed by atoms with Crippen LogP contribution < -0.4 is 5.73 Å². The van der Waals surface area contributed by atoms with Crippen molar-refractivity contribution in [3.8, 4) is 11.3 Å². The highest BCUT2D eigenvalue weighted by molar-refractivity contribution is 5.95. The van der Waals surface area contributed by atoms with Gasteiger partial charge in [-0.3, -0.25) is 9.78 Å². The minimum absolute atomic E-state index is 0. The monoisotopic (exact) mass is 381 g/mol. The van der Waals surface area contributed by atoms with Gasteiger partial charge in [-0.2, -0.15) is 0 Å². The van der Waals surface area contributed by atoms with Crippen LogP contribution in [0.25, 0.3) is 11.3 Å². The van der Waals surface area contributed by atoms with Crippen LogP contribution in [0.2, 0.25) is 0 Å².